The highest BCUT2D eigenvalue weighted by molar-refractivity contribution is 6.42. The number of nitrogens with two attached hydrogens (primary N) is 1. The predicted octanol–water partition coefficient (Wildman–Crippen LogP) is 2.32. The normalized spacial score (nSPS) is 15.8. The molecule has 1 heterocycles. The lowest BCUT2D eigenvalue weighted by molar-refractivity contribution is -0.148. The fourth-order valence-corrected chi connectivity index (χ4v) is 4.02. The van der Waals surface area contributed by atoms with Gasteiger partial charge in [0.25, 0.3) is 11.8 Å². The topological polar surface area (TPSA) is 105 Å². The summed E-state index contributed by atoms with van der Waals surface area (Å²) in [6.45, 7) is 1.11. The van der Waals surface area contributed by atoms with E-state index in [1.54, 1.807) is 31.4 Å². The van der Waals surface area contributed by atoms with E-state index in [-0.39, 0.29) is 36.0 Å². The molecule has 33 heavy (non-hydrogen) atoms. The van der Waals surface area contributed by atoms with Crippen molar-refractivity contribution >= 4 is 40.9 Å². The number of methoxy groups -OCH3 is 1. The van der Waals surface area contributed by atoms with E-state index >= 15 is 0 Å². The van der Waals surface area contributed by atoms with Crippen LogP contribution in [0.5, 0.6) is 5.75 Å². The lowest BCUT2D eigenvalue weighted by Crippen LogP contribution is -2.64. The molecule has 176 valence electrons. The number of carbonyl (C=O) groups is 3. The smallest absolute Gasteiger partial charge is 0.263 e. The van der Waals surface area contributed by atoms with Crippen LogP contribution in [0.2, 0.25) is 10.0 Å². The number of nitrogens with one attached hydrogen (secondary N) is 1. The van der Waals surface area contributed by atoms with Crippen molar-refractivity contribution in [3.05, 3.63) is 63.6 Å². The van der Waals surface area contributed by atoms with Crippen molar-refractivity contribution in [2.75, 3.05) is 33.3 Å². The summed E-state index contributed by atoms with van der Waals surface area (Å²) in [4.78, 5) is 42.5. The molecule has 0 spiro atoms. The van der Waals surface area contributed by atoms with Crippen LogP contribution in [0, 0.1) is 0 Å². The number of hydrogen-bond acceptors (Lipinski definition) is 5. The van der Waals surface area contributed by atoms with E-state index in [0.717, 1.165) is 5.56 Å². The van der Waals surface area contributed by atoms with Crippen LogP contribution in [0.25, 0.3) is 0 Å². The van der Waals surface area contributed by atoms with Crippen LogP contribution in [-0.2, 0) is 16.0 Å². The SMILES string of the molecule is COc1cccc(CC(=O)N2CCCN(C(=O)c3ccc(Cl)c(Cl)c3)C2C(=O)NCCN)c1. The van der Waals surface area contributed by atoms with Gasteiger partial charge in [-0.3, -0.25) is 14.4 Å². The van der Waals surface area contributed by atoms with E-state index in [9.17, 15) is 14.4 Å². The van der Waals surface area contributed by atoms with Crippen LogP contribution in [0.1, 0.15) is 22.3 Å². The van der Waals surface area contributed by atoms with Crippen molar-refractivity contribution < 1.29 is 19.1 Å². The van der Waals surface area contributed by atoms with E-state index in [1.165, 1.54) is 21.9 Å². The minimum absolute atomic E-state index is 0.0622. The summed E-state index contributed by atoms with van der Waals surface area (Å²) < 4.78 is 5.23. The van der Waals surface area contributed by atoms with Crippen LogP contribution >= 0.6 is 23.2 Å². The average molecular weight is 493 g/mol. The molecule has 1 atom stereocenters. The fourth-order valence-electron chi connectivity index (χ4n) is 3.72. The molecule has 0 radical (unpaired) electrons. The molecule has 3 amide bonds. The van der Waals surface area contributed by atoms with Crippen molar-refractivity contribution in [2.45, 2.75) is 19.0 Å². The van der Waals surface area contributed by atoms with Gasteiger partial charge in [0.1, 0.15) is 5.75 Å². The lowest BCUT2D eigenvalue weighted by atomic mass is 10.1. The highest BCUT2D eigenvalue weighted by Crippen LogP contribution is 2.25. The maximum absolute atomic E-state index is 13.3. The Morgan fingerprint density at radius 2 is 1.85 bits per heavy atom. The first-order valence-corrected chi connectivity index (χ1v) is 11.3. The Balaban J connectivity index is 1.89. The zero-order valence-electron chi connectivity index (χ0n) is 18.2. The molecule has 1 aliphatic rings. The third kappa shape index (κ3) is 5.96. The first-order valence-electron chi connectivity index (χ1n) is 10.5. The molecule has 0 aromatic heterocycles. The van der Waals surface area contributed by atoms with Gasteiger partial charge in [-0.1, -0.05) is 35.3 Å². The highest BCUT2D eigenvalue weighted by atomic mass is 35.5. The zero-order chi connectivity index (χ0) is 24.0. The number of nitrogens with zero attached hydrogens (tertiary/aromatic N) is 2. The second kappa shape index (κ2) is 11.4. The molecule has 2 aromatic rings. The Morgan fingerprint density at radius 1 is 1.09 bits per heavy atom. The third-order valence-corrected chi connectivity index (χ3v) is 6.04. The summed E-state index contributed by atoms with van der Waals surface area (Å²) in [5, 5.41) is 3.26. The fraction of sp³-hybridized carbons (Fsp3) is 0.348. The van der Waals surface area contributed by atoms with E-state index in [2.05, 4.69) is 5.32 Å². The number of halogens is 2. The molecule has 1 unspecified atom stereocenters. The molecule has 0 bridgehead atoms. The molecular formula is C23H26Cl2N4O4. The van der Waals surface area contributed by atoms with Gasteiger partial charge in [0, 0.05) is 31.7 Å². The summed E-state index contributed by atoms with van der Waals surface area (Å²) in [6.07, 6.45) is -0.519. The quantitative estimate of drug-likeness (QED) is 0.616. The number of carbonyl (C=O) groups excluding carboxylic acids is 3. The lowest BCUT2D eigenvalue weighted by Gasteiger charge is -2.42. The monoisotopic (exact) mass is 492 g/mol. The Labute approximate surface area is 202 Å². The molecule has 3 rings (SSSR count). The van der Waals surface area contributed by atoms with Crippen LogP contribution < -0.4 is 15.8 Å². The zero-order valence-corrected chi connectivity index (χ0v) is 19.7. The van der Waals surface area contributed by atoms with E-state index in [4.69, 9.17) is 33.7 Å². The van der Waals surface area contributed by atoms with E-state index in [1.807, 2.05) is 6.07 Å². The molecule has 10 heteroatoms. The molecule has 1 saturated heterocycles. The average Bonchev–Trinajstić information content (AvgIpc) is 2.83. The summed E-state index contributed by atoms with van der Waals surface area (Å²) in [5.41, 5.74) is 6.56. The first kappa shape index (κ1) is 24.8. The van der Waals surface area contributed by atoms with Gasteiger partial charge in [0.15, 0.2) is 6.17 Å². The van der Waals surface area contributed by atoms with Crippen molar-refractivity contribution in [3.63, 3.8) is 0 Å². The maximum atomic E-state index is 13.3. The maximum Gasteiger partial charge on any atom is 0.263 e. The Morgan fingerprint density at radius 3 is 2.55 bits per heavy atom. The standard InChI is InChI=1S/C23H26Cl2N4O4/c1-33-17-5-2-4-15(12-17)13-20(30)28-10-3-11-29(22(28)21(31)27-9-8-26)23(32)16-6-7-18(24)19(25)14-16/h2,4-7,12,14,22H,3,8-11,13,26H2,1H3,(H,27,31). The van der Waals surface area contributed by atoms with Gasteiger partial charge in [0.05, 0.1) is 23.6 Å². The molecule has 1 fully saturated rings. The van der Waals surface area contributed by atoms with E-state index < -0.39 is 18.0 Å². The summed E-state index contributed by atoms with van der Waals surface area (Å²) in [6, 6.07) is 11.7. The minimum Gasteiger partial charge on any atom is -0.497 e. The van der Waals surface area contributed by atoms with Crippen LogP contribution in [0.3, 0.4) is 0 Å². The van der Waals surface area contributed by atoms with Gasteiger partial charge in [-0.25, -0.2) is 0 Å². The van der Waals surface area contributed by atoms with Gasteiger partial charge >= 0.3 is 0 Å². The molecular weight excluding hydrogens is 467 g/mol. The van der Waals surface area contributed by atoms with Crippen molar-refractivity contribution in [1.29, 1.82) is 0 Å². The van der Waals surface area contributed by atoms with Crippen LogP contribution in [0.15, 0.2) is 42.5 Å². The van der Waals surface area contributed by atoms with Gasteiger partial charge in [-0.2, -0.15) is 0 Å². The van der Waals surface area contributed by atoms with Gasteiger partial charge in [-0.05, 0) is 42.3 Å². The number of rotatable bonds is 7. The highest BCUT2D eigenvalue weighted by Gasteiger charge is 2.40. The van der Waals surface area contributed by atoms with Gasteiger partial charge < -0.3 is 25.6 Å². The molecule has 8 nitrogen and oxygen atoms in total. The van der Waals surface area contributed by atoms with Crippen LogP contribution in [0.4, 0.5) is 0 Å². The third-order valence-electron chi connectivity index (χ3n) is 5.30. The van der Waals surface area contributed by atoms with Crippen molar-refractivity contribution in [3.8, 4) is 5.75 Å². The number of hydrogen-bond donors (Lipinski definition) is 2. The second-order valence-electron chi connectivity index (χ2n) is 7.55. The molecule has 0 aliphatic carbocycles. The molecule has 0 saturated carbocycles. The Bertz CT molecular complexity index is 1030. The predicted molar refractivity (Wildman–Crippen MR) is 126 cm³/mol. The number of amides is 3. The number of benzene rings is 2. The van der Waals surface area contributed by atoms with E-state index in [0.29, 0.717) is 30.3 Å². The van der Waals surface area contributed by atoms with Crippen molar-refractivity contribution in [1.82, 2.24) is 15.1 Å². The summed E-state index contributed by atoms with van der Waals surface area (Å²) in [7, 11) is 1.55. The number of ether oxygens (including phenoxy) is 1. The largest absolute Gasteiger partial charge is 0.497 e. The van der Waals surface area contributed by atoms with Gasteiger partial charge in [0.2, 0.25) is 5.91 Å². The van der Waals surface area contributed by atoms with Gasteiger partial charge in [-0.15, -0.1) is 0 Å². The molecule has 3 N–H and O–H groups in total. The molecule has 2 aromatic carbocycles. The minimum atomic E-state index is -1.11. The second-order valence-corrected chi connectivity index (χ2v) is 8.36. The Kier molecular flexibility index (Phi) is 8.55. The van der Waals surface area contributed by atoms with Crippen LogP contribution in [-0.4, -0.2) is 67.0 Å². The Hall–Kier alpha value is -2.81. The first-order chi connectivity index (χ1) is 15.8. The summed E-state index contributed by atoms with van der Waals surface area (Å²) in [5.74, 6) is -0.525. The summed E-state index contributed by atoms with van der Waals surface area (Å²) >= 11 is 12.1. The van der Waals surface area contributed by atoms with Crippen molar-refractivity contribution in [2.24, 2.45) is 5.73 Å². The molecule has 1 aliphatic heterocycles.